The van der Waals surface area contributed by atoms with Gasteiger partial charge in [-0.3, -0.25) is 9.79 Å². The minimum absolute atomic E-state index is 0.0699. The Hall–Kier alpha value is -3.47. The lowest BCUT2D eigenvalue weighted by Gasteiger charge is -2.31. The molecule has 2 N–H and O–H groups in total. The molecule has 1 unspecified atom stereocenters. The lowest BCUT2D eigenvalue weighted by molar-refractivity contribution is -0.117. The molecule has 30 heavy (non-hydrogen) atoms. The molecule has 0 fully saturated rings. The van der Waals surface area contributed by atoms with Crippen molar-refractivity contribution in [2.45, 2.75) is 32.2 Å². The molecule has 150 valence electrons. The number of rotatable bonds is 5. The summed E-state index contributed by atoms with van der Waals surface area (Å²) in [6.45, 7) is 1.90. The SMILES string of the molecule is CC1=CC(=O)C2C(=NC(CCCc3c[nH]c4ccccc34)=N[C@@H]2c2ccccc2)N1. The van der Waals surface area contributed by atoms with Crippen LogP contribution < -0.4 is 5.32 Å². The Kier molecular flexibility index (Phi) is 4.79. The number of aromatic amines is 1. The number of nitrogens with zero attached hydrogens (tertiary/aromatic N) is 2. The third kappa shape index (κ3) is 3.47. The molecule has 0 saturated carbocycles. The molecule has 5 heteroatoms. The molecule has 0 saturated heterocycles. The first-order valence-corrected chi connectivity index (χ1v) is 10.4. The summed E-state index contributed by atoms with van der Waals surface area (Å²) in [5.41, 5.74) is 4.37. The average molecular weight is 396 g/mol. The van der Waals surface area contributed by atoms with Crippen LogP contribution in [0.25, 0.3) is 10.9 Å². The molecule has 2 aliphatic rings. The molecule has 0 aliphatic carbocycles. The first-order chi connectivity index (χ1) is 14.7. The van der Waals surface area contributed by atoms with Crippen molar-refractivity contribution in [3.8, 4) is 0 Å². The summed E-state index contributed by atoms with van der Waals surface area (Å²) in [5.74, 6) is 1.24. The van der Waals surface area contributed by atoms with Gasteiger partial charge in [0.2, 0.25) is 0 Å². The summed E-state index contributed by atoms with van der Waals surface area (Å²) >= 11 is 0. The zero-order chi connectivity index (χ0) is 20.5. The van der Waals surface area contributed by atoms with Gasteiger partial charge in [-0.05, 0) is 37.0 Å². The van der Waals surface area contributed by atoms with Crippen LogP contribution in [-0.4, -0.2) is 22.4 Å². The first-order valence-electron chi connectivity index (χ1n) is 10.4. The van der Waals surface area contributed by atoms with Gasteiger partial charge < -0.3 is 10.3 Å². The minimum Gasteiger partial charge on any atom is -0.361 e. The Balaban J connectivity index is 1.38. The summed E-state index contributed by atoms with van der Waals surface area (Å²) < 4.78 is 0. The summed E-state index contributed by atoms with van der Waals surface area (Å²) in [6, 6.07) is 18.2. The number of fused-ring (bicyclic) bond motifs is 2. The zero-order valence-electron chi connectivity index (χ0n) is 16.9. The molecule has 3 aromatic rings. The highest BCUT2D eigenvalue weighted by Gasteiger charge is 2.38. The van der Waals surface area contributed by atoms with Crippen LogP contribution in [0.5, 0.6) is 0 Å². The van der Waals surface area contributed by atoms with Crippen LogP contribution in [0.2, 0.25) is 0 Å². The molecule has 2 atom stereocenters. The van der Waals surface area contributed by atoms with E-state index in [1.165, 1.54) is 16.5 Å². The molecule has 5 rings (SSSR count). The van der Waals surface area contributed by atoms with E-state index in [4.69, 9.17) is 9.98 Å². The van der Waals surface area contributed by atoms with E-state index in [0.29, 0.717) is 0 Å². The van der Waals surface area contributed by atoms with Gasteiger partial charge in [0.1, 0.15) is 17.6 Å². The highest BCUT2D eigenvalue weighted by Crippen LogP contribution is 2.34. The van der Waals surface area contributed by atoms with Gasteiger partial charge in [0.15, 0.2) is 5.78 Å². The Labute approximate surface area is 175 Å². The second-order valence-corrected chi connectivity index (χ2v) is 7.94. The van der Waals surface area contributed by atoms with E-state index >= 15 is 0 Å². The molecule has 3 heterocycles. The molecule has 0 radical (unpaired) electrons. The summed E-state index contributed by atoms with van der Waals surface area (Å²) in [6.07, 6.45) is 6.44. The Morgan fingerprint density at radius 2 is 1.80 bits per heavy atom. The quantitative estimate of drug-likeness (QED) is 0.654. The van der Waals surface area contributed by atoms with Crippen molar-refractivity contribution in [2.24, 2.45) is 15.9 Å². The van der Waals surface area contributed by atoms with Gasteiger partial charge in [-0.25, -0.2) is 4.99 Å². The van der Waals surface area contributed by atoms with Crippen molar-refractivity contribution < 1.29 is 4.79 Å². The Morgan fingerprint density at radius 1 is 1.00 bits per heavy atom. The molecule has 1 aromatic heterocycles. The number of carbonyl (C=O) groups excluding carboxylic acids is 1. The van der Waals surface area contributed by atoms with E-state index in [-0.39, 0.29) is 17.7 Å². The van der Waals surface area contributed by atoms with E-state index < -0.39 is 0 Å². The maximum absolute atomic E-state index is 12.8. The van der Waals surface area contributed by atoms with Crippen molar-refractivity contribution in [3.05, 3.63) is 83.7 Å². The fourth-order valence-electron chi connectivity index (χ4n) is 4.37. The van der Waals surface area contributed by atoms with Crippen molar-refractivity contribution in [1.29, 1.82) is 0 Å². The van der Waals surface area contributed by atoms with Crippen LogP contribution in [0.1, 0.15) is 36.9 Å². The molecule has 0 spiro atoms. The topological polar surface area (TPSA) is 69.6 Å². The van der Waals surface area contributed by atoms with Gasteiger partial charge in [0, 0.05) is 35.3 Å². The van der Waals surface area contributed by atoms with Gasteiger partial charge in [-0.1, -0.05) is 48.5 Å². The maximum atomic E-state index is 12.8. The van der Waals surface area contributed by atoms with Crippen LogP contribution in [0.3, 0.4) is 0 Å². The van der Waals surface area contributed by atoms with Crippen molar-refractivity contribution in [3.63, 3.8) is 0 Å². The van der Waals surface area contributed by atoms with Crippen LogP contribution >= 0.6 is 0 Å². The molecule has 0 amide bonds. The molecular formula is C25H24N4O. The number of hydrogen-bond donors (Lipinski definition) is 2. The van der Waals surface area contributed by atoms with Crippen molar-refractivity contribution in [1.82, 2.24) is 10.3 Å². The second kappa shape index (κ2) is 7.75. The fraction of sp³-hybridized carbons (Fsp3) is 0.240. The molecule has 0 bridgehead atoms. The fourth-order valence-corrected chi connectivity index (χ4v) is 4.37. The number of nitrogens with one attached hydrogen (secondary N) is 2. The van der Waals surface area contributed by atoms with Crippen molar-refractivity contribution in [2.75, 3.05) is 0 Å². The first kappa shape index (κ1) is 18.6. The number of aliphatic imine (C=N–C) groups is 2. The number of aryl methyl sites for hydroxylation is 1. The van der Waals surface area contributed by atoms with Crippen LogP contribution in [0, 0.1) is 5.92 Å². The van der Waals surface area contributed by atoms with Crippen LogP contribution in [0.4, 0.5) is 0 Å². The predicted octanol–water partition coefficient (Wildman–Crippen LogP) is 4.73. The van der Waals surface area contributed by atoms with Gasteiger partial charge in [-0.2, -0.15) is 0 Å². The number of ketones is 1. The van der Waals surface area contributed by atoms with Gasteiger partial charge in [-0.15, -0.1) is 0 Å². The standard InChI is InChI=1S/C25H24N4O/c1-16-14-21(30)23-24(17-8-3-2-4-9-17)28-22(29-25(23)27-16)13-7-10-18-15-26-20-12-6-5-11-19(18)20/h2-6,8-9,11-12,14-15,23-24,26H,7,10,13H2,1H3,(H,27,28,29)/t23?,24-/m1/s1. The number of benzene rings is 2. The summed E-state index contributed by atoms with van der Waals surface area (Å²) in [4.78, 5) is 25.8. The number of aromatic nitrogens is 1. The summed E-state index contributed by atoms with van der Waals surface area (Å²) in [5, 5.41) is 4.59. The van der Waals surface area contributed by atoms with E-state index in [1.54, 1.807) is 6.08 Å². The van der Waals surface area contributed by atoms with Gasteiger partial charge in [0.25, 0.3) is 0 Å². The van der Waals surface area contributed by atoms with E-state index in [9.17, 15) is 4.79 Å². The third-order valence-corrected chi connectivity index (χ3v) is 5.80. The van der Waals surface area contributed by atoms with Crippen molar-refractivity contribution >= 4 is 28.4 Å². The number of H-pyrrole nitrogens is 1. The number of para-hydroxylation sites is 1. The number of carbonyl (C=O) groups is 1. The highest BCUT2D eigenvalue weighted by molar-refractivity contribution is 6.16. The number of allylic oxidation sites excluding steroid dienone is 2. The van der Waals surface area contributed by atoms with Gasteiger partial charge in [0.05, 0.1) is 6.04 Å². The smallest absolute Gasteiger partial charge is 0.170 e. The molecular weight excluding hydrogens is 372 g/mol. The monoisotopic (exact) mass is 396 g/mol. The Morgan fingerprint density at radius 3 is 2.67 bits per heavy atom. The Bertz CT molecular complexity index is 1190. The second-order valence-electron chi connectivity index (χ2n) is 7.94. The predicted molar refractivity (Wildman–Crippen MR) is 121 cm³/mol. The lowest BCUT2D eigenvalue weighted by Crippen LogP contribution is -2.44. The largest absolute Gasteiger partial charge is 0.361 e. The van der Waals surface area contributed by atoms with Crippen LogP contribution in [-0.2, 0) is 11.2 Å². The maximum Gasteiger partial charge on any atom is 0.170 e. The van der Waals surface area contributed by atoms with Crippen LogP contribution in [0.15, 0.2) is 82.6 Å². The van der Waals surface area contributed by atoms with E-state index in [2.05, 4.69) is 34.7 Å². The number of amidine groups is 2. The normalized spacial score (nSPS) is 20.8. The van der Waals surface area contributed by atoms with E-state index in [1.807, 2.05) is 43.3 Å². The average Bonchev–Trinajstić information content (AvgIpc) is 3.17. The summed E-state index contributed by atoms with van der Waals surface area (Å²) in [7, 11) is 0. The van der Waals surface area contributed by atoms with E-state index in [0.717, 1.165) is 42.2 Å². The molecule has 5 nitrogen and oxygen atoms in total. The zero-order valence-corrected chi connectivity index (χ0v) is 16.9. The van der Waals surface area contributed by atoms with Gasteiger partial charge >= 0.3 is 0 Å². The lowest BCUT2D eigenvalue weighted by atomic mass is 9.85. The molecule has 2 aromatic carbocycles. The highest BCUT2D eigenvalue weighted by atomic mass is 16.1. The third-order valence-electron chi connectivity index (χ3n) is 5.80. The molecule has 2 aliphatic heterocycles. The number of hydrogen-bond acceptors (Lipinski definition) is 4. The minimum atomic E-state index is -0.367.